The highest BCUT2D eigenvalue weighted by atomic mass is 32.1. The van der Waals surface area contributed by atoms with E-state index in [0.717, 1.165) is 0 Å². The lowest BCUT2D eigenvalue weighted by atomic mass is 9.89. The number of halogens is 3. The van der Waals surface area contributed by atoms with Gasteiger partial charge in [0.05, 0.1) is 18.9 Å². The van der Waals surface area contributed by atoms with E-state index in [9.17, 15) is 13.2 Å². The number of nitrogens with two attached hydrogens (primary N) is 1. The van der Waals surface area contributed by atoms with Crippen LogP contribution in [-0.2, 0) is 28.5 Å². The van der Waals surface area contributed by atoms with Gasteiger partial charge in [-0.1, -0.05) is 0 Å². The van der Waals surface area contributed by atoms with Gasteiger partial charge < -0.3 is 20.5 Å². The molecule has 2 aliphatic rings. The topological polar surface area (TPSA) is 82.3 Å². The first-order chi connectivity index (χ1) is 10.3. The van der Waals surface area contributed by atoms with Crippen molar-refractivity contribution in [2.45, 2.75) is 31.2 Å². The van der Waals surface area contributed by atoms with E-state index in [4.69, 9.17) is 15.2 Å². The van der Waals surface area contributed by atoms with Crippen LogP contribution in [-0.4, -0.2) is 34.1 Å². The third kappa shape index (κ3) is 2.85. The highest BCUT2D eigenvalue weighted by molar-refractivity contribution is 7.80. The van der Waals surface area contributed by atoms with Gasteiger partial charge in [-0.25, -0.2) is 9.97 Å². The van der Waals surface area contributed by atoms with E-state index < -0.39 is 17.7 Å². The van der Waals surface area contributed by atoms with E-state index in [1.54, 1.807) is 0 Å². The summed E-state index contributed by atoms with van der Waals surface area (Å²) in [6, 6.07) is 0. The number of fused-ring (bicyclic) bond motifs is 1. The molecule has 3 N–H and O–H groups in total. The zero-order chi connectivity index (χ0) is 16.0. The molecule has 1 aliphatic carbocycles. The maximum absolute atomic E-state index is 13.3. The smallest absolute Gasteiger partial charge is 0.376 e. The summed E-state index contributed by atoms with van der Waals surface area (Å²) in [6.45, 7) is 0.747. The van der Waals surface area contributed by atoms with Gasteiger partial charge in [-0.2, -0.15) is 13.2 Å². The fourth-order valence-electron chi connectivity index (χ4n) is 2.73. The fraction of sp³-hybridized carbons (Fsp3) is 0.583. The van der Waals surface area contributed by atoms with Crippen molar-refractivity contribution in [2.75, 3.05) is 18.5 Å². The molecule has 1 aliphatic heterocycles. The third-order valence-electron chi connectivity index (χ3n) is 3.60. The number of alkyl halides is 3. The summed E-state index contributed by atoms with van der Waals surface area (Å²) >= 11 is 4.62. The predicted molar refractivity (Wildman–Crippen MR) is 74.1 cm³/mol. The minimum Gasteiger partial charge on any atom is -0.376 e. The first kappa shape index (κ1) is 15.4. The molecule has 0 saturated carbocycles. The largest absolute Gasteiger partial charge is 0.433 e. The summed E-state index contributed by atoms with van der Waals surface area (Å²) in [5.74, 6) is -1.24. The summed E-state index contributed by atoms with van der Waals surface area (Å²) in [5, 5.41) is 2.16. The Hall–Kier alpha value is -1.52. The molecule has 0 unspecified atom stereocenters. The molecule has 0 bridgehead atoms. The average Bonchev–Trinajstić information content (AvgIpc) is 2.85. The molecule has 0 amide bonds. The van der Waals surface area contributed by atoms with Gasteiger partial charge in [0.2, 0.25) is 5.95 Å². The van der Waals surface area contributed by atoms with Crippen LogP contribution >= 0.6 is 12.2 Å². The molecule has 3 rings (SSSR count). The Morgan fingerprint density at radius 3 is 2.55 bits per heavy atom. The minimum absolute atomic E-state index is 0.00846. The van der Waals surface area contributed by atoms with Gasteiger partial charge in [-0.05, 0) is 18.6 Å². The Balaban J connectivity index is 2.04. The minimum atomic E-state index is -4.61. The number of hydrogen-bond donors (Lipinski definition) is 2. The molecule has 1 spiro atoms. The lowest BCUT2D eigenvalue weighted by molar-refractivity contribution is -0.168. The number of ether oxygens (including phenoxy) is 2. The molecule has 0 atom stereocenters. The molecule has 0 aromatic carbocycles. The third-order valence-corrected chi connectivity index (χ3v) is 3.70. The van der Waals surface area contributed by atoms with Crippen LogP contribution < -0.4 is 11.1 Å². The molecule has 120 valence electrons. The molecule has 6 nitrogen and oxygen atoms in total. The van der Waals surface area contributed by atoms with Crippen molar-refractivity contribution in [1.82, 2.24) is 9.97 Å². The lowest BCUT2D eigenvalue weighted by Gasteiger charge is -2.33. The van der Waals surface area contributed by atoms with Crippen molar-refractivity contribution >= 4 is 23.3 Å². The monoisotopic (exact) mass is 334 g/mol. The highest BCUT2D eigenvalue weighted by Crippen LogP contribution is 2.40. The van der Waals surface area contributed by atoms with Crippen LogP contribution in [0, 0.1) is 0 Å². The number of hydrogen-bond acceptors (Lipinski definition) is 5. The summed E-state index contributed by atoms with van der Waals surface area (Å²) in [7, 11) is 0. The van der Waals surface area contributed by atoms with E-state index in [0.29, 0.717) is 31.7 Å². The van der Waals surface area contributed by atoms with Crippen molar-refractivity contribution < 1.29 is 22.6 Å². The predicted octanol–water partition coefficient (Wildman–Crippen LogP) is 1.38. The molecule has 1 aromatic heterocycles. The standard InChI is InChI=1S/C12H13F3N4O2S/c13-12(14,15)8-6-5-11(20-3-4-21-11)2-1-7(6)17-10(18-8)19-9(16)22/h1-5H2,(H3,16,17,18,19,22). The zero-order valence-corrected chi connectivity index (χ0v) is 12.2. The maximum Gasteiger partial charge on any atom is 0.433 e. The summed E-state index contributed by atoms with van der Waals surface area (Å²) in [4.78, 5) is 7.61. The fourth-order valence-corrected chi connectivity index (χ4v) is 2.82. The van der Waals surface area contributed by atoms with Crippen molar-refractivity contribution in [3.63, 3.8) is 0 Å². The summed E-state index contributed by atoms with van der Waals surface area (Å²) in [6.07, 6.45) is -3.89. The van der Waals surface area contributed by atoms with Gasteiger partial charge >= 0.3 is 6.18 Å². The normalized spacial score (nSPS) is 20.0. The van der Waals surface area contributed by atoms with E-state index in [2.05, 4.69) is 27.5 Å². The van der Waals surface area contributed by atoms with Crippen LogP contribution in [0.4, 0.5) is 19.1 Å². The van der Waals surface area contributed by atoms with Gasteiger partial charge in [0.15, 0.2) is 16.6 Å². The first-order valence-electron chi connectivity index (χ1n) is 6.60. The zero-order valence-electron chi connectivity index (χ0n) is 11.4. The summed E-state index contributed by atoms with van der Waals surface area (Å²) < 4.78 is 50.9. The van der Waals surface area contributed by atoms with Crippen molar-refractivity contribution in [1.29, 1.82) is 0 Å². The second-order valence-corrected chi connectivity index (χ2v) is 5.53. The first-order valence-corrected chi connectivity index (χ1v) is 7.01. The SMILES string of the molecule is NC(=S)Nc1nc2c(c(C(F)(F)F)n1)CC1(CC2)OCCO1. The van der Waals surface area contributed by atoms with Crippen molar-refractivity contribution in [2.24, 2.45) is 5.73 Å². The lowest BCUT2D eigenvalue weighted by Crippen LogP contribution is -2.39. The van der Waals surface area contributed by atoms with Crippen LogP contribution in [0.25, 0.3) is 0 Å². The molecule has 1 saturated heterocycles. The van der Waals surface area contributed by atoms with Crippen LogP contribution in [0.3, 0.4) is 0 Å². The van der Waals surface area contributed by atoms with Crippen LogP contribution in [0.2, 0.25) is 0 Å². The Bertz CT molecular complexity index is 617. The van der Waals surface area contributed by atoms with Gasteiger partial charge in [0, 0.05) is 18.4 Å². The molecule has 2 heterocycles. The maximum atomic E-state index is 13.3. The Labute approximate surface area is 129 Å². The van der Waals surface area contributed by atoms with Gasteiger partial charge in [0.25, 0.3) is 0 Å². The van der Waals surface area contributed by atoms with Crippen LogP contribution in [0.1, 0.15) is 23.4 Å². The van der Waals surface area contributed by atoms with Crippen LogP contribution in [0.5, 0.6) is 0 Å². The van der Waals surface area contributed by atoms with Gasteiger partial charge in [-0.15, -0.1) is 0 Å². The number of rotatable bonds is 1. The van der Waals surface area contributed by atoms with Gasteiger partial charge in [-0.3, -0.25) is 0 Å². The quantitative estimate of drug-likeness (QED) is 0.751. The molecular formula is C12H13F3N4O2S. The Morgan fingerprint density at radius 1 is 1.27 bits per heavy atom. The molecule has 0 radical (unpaired) electrons. The van der Waals surface area contributed by atoms with E-state index in [1.165, 1.54) is 0 Å². The Morgan fingerprint density at radius 2 is 1.95 bits per heavy atom. The van der Waals surface area contributed by atoms with Crippen molar-refractivity contribution in [3.05, 3.63) is 17.0 Å². The number of aryl methyl sites for hydroxylation is 1. The van der Waals surface area contributed by atoms with E-state index >= 15 is 0 Å². The van der Waals surface area contributed by atoms with Crippen molar-refractivity contribution in [3.8, 4) is 0 Å². The van der Waals surface area contributed by atoms with E-state index in [1.807, 2.05) is 0 Å². The van der Waals surface area contributed by atoms with E-state index in [-0.39, 0.29) is 23.0 Å². The molecule has 22 heavy (non-hydrogen) atoms. The number of nitrogens with zero attached hydrogens (tertiary/aromatic N) is 2. The number of anilines is 1. The molecule has 1 fully saturated rings. The molecule has 10 heteroatoms. The number of aromatic nitrogens is 2. The van der Waals surface area contributed by atoms with Gasteiger partial charge in [0.1, 0.15) is 0 Å². The second-order valence-electron chi connectivity index (χ2n) is 5.09. The number of thiocarbonyl (C=S) groups is 1. The average molecular weight is 334 g/mol. The second kappa shape index (κ2) is 5.28. The van der Waals surface area contributed by atoms with Crippen LogP contribution in [0.15, 0.2) is 0 Å². The Kier molecular flexibility index (Phi) is 3.69. The number of nitrogens with one attached hydrogen (secondary N) is 1. The molecule has 1 aromatic rings. The summed E-state index contributed by atoms with van der Waals surface area (Å²) in [5.41, 5.74) is 4.59. The molecular weight excluding hydrogens is 321 g/mol. The highest BCUT2D eigenvalue weighted by Gasteiger charge is 2.46.